The average Bonchev–Trinajstić information content (AvgIpc) is 2.84. The lowest BCUT2D eigenvalue weighted by Crippen LogP contribution is -2.48. The molecule has 5 rings (SSSR count). The first-order valence-corrected chi connectivity index (χ1v) is 11.8. The van der Waals surface area contributed by atoms with Gasteiger partial charge in [0.2, 0.25) is 0 Å². The van der Waals surface area contributed by atoms with Crippen LogP contribution < -0.4 is 15.8 Å². The highest BCUT2D eigenvalue weighted by atomic mass is 16.3. The average molecular weight is 466 g/mol. The van der Waals surface area contributed by atoms with Crippen molar-refractivity contribution in [1.82, 2.24) is 19.9 Å². The molecule has 1 fully saturated rings. The van der Waals surface area contributed by atoms with Gasteiger partial charge in [-0.2, -0.15) is 0 Å². The van der Waals surface area contributed by atoms with Crippen LogP contribution in [0.3, 0.4) is 0 Å². The standard InChI is InChI=1S/C24H29N5O2.CH2O2/c1-16-25-10-9-22(27-16)28-13-18-11-19(15-28)21-8-7-20(24(31)29(21)14-18)23(30)26-12-17-5-3-2-4-6-17;2-1-3/h5,7-10,18-19H,2-4,6,11-15H2,1H3,(H,26,30);1H,(H,2,3)/t18-,19+;/m0./s1. The van der Waals surface area contributed by atoms with Crippen LogP contribution in [0.2, 0.25) is 0 Å². The van der Waals surface area contributed by atoms with E-state index in [2.05, 4.69) is 26.3 Å². The summed E-state index contributed by atoms with van der Waals surface area (Å²) in [4.78, 5) is 45.4. The summed E-state index contributed by atoms with van der Waals surface area (Å²) < 4.78 is 1.84. The van der Waals surface area contributed by atoms with E-state index < -0.39 is 0 Å². The fourth-order valence-corrected chi connectivity index (χ4v) is 5.28. The smallest absolute Gasteiger partial charge is 0.290 e. The fraction of sp³-hybridized carbons (Fsp3) is 0.480. The number of anilines is 1. The highest BCUT2D eigenvalue weighted by Crippen LogP contribution is 2.36. The molecule has 2 aromatic rings. The molecule has 9 nitrogen and oxygen atoms in total. The molecule has 34 heavy (non-hydrogen) atoms. The Morgan fingerprint density at radius 2 is 2.06 bits per heavy atom. The molecule has 4 heterocycles. The molecule has 1 aliphatic carbocycles. The van der Waals surface area contributed by atoms with Crippen molar-refractivity contribution < 1.29 is 14.7 Å². The number of fused-ring (bicyclic) bond motifs is 4. The summed E-state index contributed by atoms with van der Waals surface area (Å²) >= 11 is 0. The zero-order chi connectivity index (χ0) is 24.1. The predicted molar refractivity (Wildman–Crippen MR) is 128 cm³/mol. The van der Waals surface area contributed by atoms with Crippen LogP contribution in [-0.2, 0) is 11.3 Å². The fourth-order valence-electron chi connectivity index (χ4n) is 5.28. The van der Waals surface area contributed by atoms with Crippen LogP contribution in [0.4, 0.5) is 5.82 Å². The number of hydrogen-bond acceptors (Lipinski definition) is 6. The van der Waals surface area contributed by atoms with Gasteiger partial charge in [0.15, 0.2) is 0 Å². The Morgan fingerprint density at radius 1 is 1.24 bits per heavy atom. The van der Waals surface area contributed by atoms with Gasteiger partial charge >= 0.3 is 0 Å². The molecule has 0 radical (unpaired) electrons. The molecule has 2 bridgehead atoms. The summed E-state index contributed by atoms with van der Waals surface area (Å²) in [6.07, 6.45) is 9.61. The van der Waals surface area contributed by atoms with Gasteiger partial charge in [-0.15, -0.1) is 0 Å². The highest BCUT2D eigenvalue weighted by Gasteiger charge is 2.36. The largest absolute Gasteiger partial charge is 0.483 e. The molecule has 0 saturated carbocycles. The van der Waals surface area contributed by atoms with Crippen LogP contribution in [-0.4, -0.2) is 51.7 Å². The lowest BCUT2D eigenvalue weighted by atomic mass is 9.83. The Labute approximate surface area is 198 Å². The molecule has 2 N–H and O–H groups in total. The third-order valence-electron chi connectivity index (χ3n) is 6.80. The van der Waals surface area contributed by atoms with Gasteiger partial charge in [-0.1, -0.05) is 11.6 Å². The Kier molecular flexibility index (Phi) is 7.40. The molecule has 0 unspecified atom stereocenters. The summed E-state index contributed by atoms with van der Waals surface area (Å²) in [6.45, 7) is 4.53. The van der Waals surface area contributed by atoms with E-state index in [4.69, 9.17) is 9.90 Å². The first-order valence-electron chi connectivity index (χ1n) is 11.8. The Balaban J connectivity index is 0.000000868. The van der Waals surface area contributed by atoms with Crippen molar-refractivity contribution in [2.45, 2.75) is 51.5 Å². The molecule has 0 aromatic carbocycles. The number of hydrogen-bond donors (Lipinski definition) is 2. The van der Waals surface area contributed by atoms with Gasteiger partial charge in [0, 0.05) is 44.0 Å². The molecular formula is C25H31N5O4. The van der Waals surface area contributed by atoms with Gasteiger partial charge in [-0.05, 0) is 63.1 Å². The monoisotopic (exact) mass is 465 g/mol. The number of carbonyl (C=O) groups is 2. The van der Waals surface area contributed by atoms with E-state index in [1.54, 1.807) is 12.3 Å². The Morgan fingerprint density at radius 3 is 2.79 bits per heavy atom. The number of nitrogens with zero attached hydrogens (tertiary/aromatic N) is 4. The first kappa shape index (κ1) is 23.7. The van der Waals surface area contributed by atoms with Crippen molar-refractivity contribution in [2.75, 3.05) is 24.5 Å². The predicted octanol–water partition coefficient (Wildman–Crippen LogP) is 2.50. The second-order valence-electron chi connectivity index (χ2n) is 9.15. The molecule has 180 valence electrons. The number of piperidine rings is 1. The number of nitrogens with one attached hydrogen (secondary N) is 1. The SMILES string of the molecule is Cc1nccc(N2C[C@@H]3C[C@H](C2)c2ccc(C(=O)NCC4=CCCCC4)c(=O)n2C3)n1.O=CO. The zero-order valence-corrected chi connectivity index (χ0v) is 19.4. The number of pyridine rings is 1. The topological polar surface area (TPSA) is 117 Å². The maximum Gasteiger partial charge on any atom is 0.290 e. The minimum atomic E-state index is -0.263. The number of carboxylic acid groups (broad SMARTS) is 1. The Bertz CT molecular complexity index is 1140. The quantitative estimate of drug-likeness (QED) is 0.526. The number of aromatic nitrogens is 3. The van der Waals surface area contributed by atoms with E-state index in [0.717, 1.165) is 49.7 Å². The third kappa shape index (κ3) is 5.18. The normalized spacial score (nSPS) is 20.9. The second kappa shape index (κ2) is 10.6. The van der Waals surface area contributed by atoms with Gasteiger partial charge in [0.1, 0.15) is 17.2 Å². The number of allylic oxidation sites excluding steroid dienone is 1. The van der Waals surface area contributed by atoms with Crippen LogP contribution in [0.15, 0.2) is 40.8 Å². The van der Waals surface area contributed by atoms with Gasteiger partial charge in [-0.3, -0.25) is 14.4 Å². The van der Waals surface area contributed by atoms with E-state index in [9.17, 15) is 9.59 Å². The molecule has 3 aliphatic rings. The molecule has 9 heteroatoms. The zero-order valence-electron chi connectivity index (χ0n) is 19.4. The van der Waals surface area contributed by atoms with Gasteiger partial charge < -0.3 is 19.9 Å². The van der Waals surface area contributed by atoms with Crippen molar-refractivity contribution in [3.8, 4) is 0 Å². The first-order chi connectivity index (χ1) is 16.5. The van der Waals surface area contributed by atoms with E-state index >= 15 is 0 Å². The summed E-state index contributed by atoms with van der Waals surface area (Å²) in [6, 6.07) is 5.65. The van der Waals surface area contributed by atoms with Crippen LogP contribution in [0.5, 0.6) is 0 Å². The minimum Gasteiger partial charge on any atom is -0.483 e. The van der Waals surface area contributed by atoms with Crippen molar-refractivity contribution >= 4 is 18.2 Å². The summed E-state index contributed by atoms with van der Waals surface area (Å²) in [5.74, 6) is 2.08. The van der Waals surface area contributed by atoms with Gasteiger partial charge in [-0.25, -0.2) is 9.97 Å². The van der Waals surface area contributed by atoms with Crippen molar-refractivity contribution in [3.63, 3.8) is 0 Å². The number of amides is 1. The molecule has 2 aromatic heterocycles. The van der Waals surface area contributed by atoms with E-state index in [0.29, 0.717) is 19.0 Å². The highest BCUT2D eigenvalue weighted by molar-refractivity contribution is 5.94. The molecule has 2 aliphatic heterocycles. The molecule has 1 amide bonds. The summed E-state index contributed by atoms with van der Waals surface area (Å²) in [7, 11) is 0. The molecular weight excluding hydrogens is 434 g/mol. The van der Waals surface area contributed by atoms with E-state index in [-0.39, 0.29) is 29.4 Å². The van der Waals surface area contributed by atoms with Crippen LogP contribution >= 0.6 is 0 Å². The lowest BCUT2D eigenvalue weighted by molar-refractivity contribution is -0.122. The maximum absolute atomic E-state index is 13.2. The lowest BCUT2D eigenvalue weighted by Gasteiger charge is -2.43. The van der Waals surface area contributed by atoms with Crippen molar-refractivity contribution in [3.05, 3.63) is 63.5 Å². The number of carbonyl (C=O) groups excluding carboxylic acids is 1. The number of aryl methyl sites for hydroxylation is 1. The number of rotatable bonds is 4. The molecule has 2 atom stereocenters. The summed E-state index contributed by atoms with van der Waals surface area (Å²) in [5.41, 5.74) is 2.40. The van der Waals surface area contributed by atoms with Crippen LogP contribution in [0.25, 0.3) is 0 Å². The van der Waals surface area contributed by atoms with Gasteiger partial charge in [0.05, 0.1) is 0 Å². The van der Waals surface area contributed by atoms with E-state index in [1.807, 2.05) is 23.6 Å². The maximum atomic E-state index is 13.2. The van der Waals surface area contributed by atoms with Crippen molar-refractivity contribution in [1.29, 1.82) is 0 Å². The van der Waals surface area contributed by atoms with Crippen LogP contribution in [0.1, 0.15) is 59.9 Å². The van der Waals surface area contributed by atoms with Crippen LogP contribution in [0, 0.1) is 12.8 Å². The summed E-state index contributed by atoms with van der Waals surface area (Å²) in [5, 5.41) is 9.85. The second-order valence-corrected chi connectivity index (χ2v) is 9.15. The Hall–Kier alpha value is -3.49. The van der Waals surface area contributed by atoms with E-state index in [1.165, 1.54) is 18.4 Å². The minimum absolute atomic E-state index is 0.159. The third-order valence-corrected chi connectivity index (χ3v) is 6.80. The molecule has 1 saturated heterocycles. The van der Waals surface area contributed by atoms with Crippen molar-refractivity contribution in [2.24, 2.45) is 5.92 Å². The molecule has 0 spiro atoms. The van der Waals surface area contributed by atoms with Gasteiger partial charge in [0.25, 0.3) is 17.9 Å².